The molecule has 10 N–H and O–H groups in total. The summed E-state index contributed by atoms with van der Waals surface area (Å²) < 4.78 is 52.2. The van der Waals surface area contributed by atoms with E-state index >= 15 is 0 Å². The number of sulfonamides is 1. The lowest BCUT2D eigenvalue weighted by molar-refractivity contribution is -0.342. The standard InChI is InChI=1S/C29H40N2O15S/c1-2-3-9-30-16-10-14(28(39)40)11-19(25(16)43-15-7-5-4-6-8-15)47(41,42)31-27-23(37)22(36)26(18(13-33)44-27)46-29-24(38)21(35)20(34)17(12-32)45-29/h4-8,10-11,17-18,20-24,26-27,29-38H,2-3,9,12-13H2,1H3,(H,39,40)/t17-,18-,20+,21+,22-,23-,24-,26-,27?,29+/m1/s1. The third kappa shape index (κ3) is 8.37. The minimum Gasteiger partial charge on any atom is -0.478 e. The maximum atomic E-state index is 13.9. The van der Waals surface area contributed by atoms with Crippen molar-refractivity contribution in [3.63, 3.8) is 0 Å². The maximum Gasteiger partial charge on any atom is 0.335 e. The maximum absolute atomic E-state index is 13.9. The van der Waals surface area contributed by atoms with Crippen LogP contribution in [0.15, 0.2) is 47.4 Å². The molecule has 0 spiro atoms. The molecule has 10 atom stereocenters. The van der Waals surface area contributed by atoms with E-state index in [1.165, 1.54) is 6.07 Å². The third-order valence-corrected chi connectivity index (χ3v) is 9.10. The molecule has 2 aromatic rings. The van der Waals surface area contributed by atoms with Crippen LogP contribution in [0, 0.1) is 0 Å². The van der Waals surface area contributed by atoms with Crippen molar-refractivity contribution in [1.82, 2.24) is 4.72 Å². The van der Waals surface area contributed by atoms with Crippen LogP contribution >= 0.6 is 0 Å². The smallest absolute Gasteiger partial charge is 0.335 e. The summed E-state index contributed by atoms with van der Waals surface area (Å²) in [5.41, 5.74) is -0.356. The van der Waals surface area contributed by atoms with Gasteiger partial charge in [0.05, 0.1) is 24.5 Å². The van der Waals surface area contributed by atoms with E-state index in [9.17, 15) is 54.1 Å². The molecule has 0 aliphatic carbocycles. The van der Waals surface area contributed by atoms with Gasteiger partial charge in [0.2, 0.25) is 10.0 Å². The fourth-order valence-corrected chi connectivity index (χ4v) is 6.38. The van der Waals surface area contributed by atoms with Crippen LogP contribution < -0.4 is 14.8 Å². The number of hydrogen-bond donors (Lipinski definition) is 10. The van der Waals surface area contributed by atoms with Crippen molar-refractivity contribution in [2.75, 3.05) is 25.1 Å². The molecule has 2 saturated heterocycles. The highest BCUT2D eigenvalue weighted by atomic mass is 32.2. The number of carboxylic acids is 1. The first kappa shape index (κ1) is 36.8. The van der Waals surface area contributed by atoms with E-state index in [0.29, 0.717) is 13.0 Å². The van der Waals surface area contributed by atoms with Gasteiger partial charge in [0.1, 0.15) is 59.5 Å². The SMILES string of the molecule is CCCCNc1cc(C(=O)O)cc(S(=O)(=O)NC2O[C@H](CO)[C@@H](O[C@@H]3O[C@H](CO)[C@H](O)[C@H](O)[C@H]3O)[C@H](O)[C@H]2O)c1Oc1ccccc1. The number of anilines is 1. The number of aliphatic hydroxyl groups is 7. The topological polar surface area (TPSA) is 274 Å². The van der Waals surface area contributed by atoms with Crippen LogP contribution in [0.4, 0.5) is 5.69 Å². The van der Waals surface area contributed by atoms with E-state index in [0.717, 1.165) is 12.5 Å². The summed E-state index contributed by atoms with van der Waals surface area (Å²) in [6, 6.07) is 10.2. The monoisotopic (exact) mass is 688 g/mol. The molecule has 2 aliphatic heterocycles. The van der Waals surface area contributed by atoms with Crippen LogP contribution in [0.5, 0.6) is 11.5 Å². The predicted molar refractivity (Wildman–Crippen MR) is 160 cm³/mol. The zero-order valence-corrected chi connectivity index (χ0v) is 26.0. The molecule has 2 aromatic carbocycles. The average Bonchev–Trinajstić information content (AvgIpc) is 3.05. The van der Waals surface area contributed by atoms with Gasteiger partial charge in [-0.3, -0.25) is 0 Å². The van der Waals surface area contributed by atoms with E-state index in [1.54, 1.807) is 30.3 Å². The molecule has 2 aliphatic rings. The number of aromatic carboxylic acids is 1. The normalized spacial score (nSPS) is 31.3. The number of aliphatic hydroxyl groups excluding tert-OH is 7. The molecule has 4 rings (SSSR count). The number of unbranched alkanes of at least 4 members (excludes halogenated alkanes) is 1. The van der Waals surface area contributed by atoms with Gasteiger partial charge in [0.15, 0.2) is 18.3 Å². The molecule has 47 heavy (non-hydrogen) atoms. The lowest BCUT2D eigenvalue weighted by Gasteiger charge is -2.46. The Hall–Kier alpha value is -2.98. The average molecular weight is 689 g/mol. The van der Waals surface area contributed by atoms with Crippen molar-refractivity contribution in [2.24, 2.45) is 0 Å². The third-order valence-electron chi connectivity index (χ3n) is 7.68. The molecule has 2 heterocycles. The highest BCUT2D eigenvalue weighted by Gasteiger charge is 2.51. The van der Waals surface area contributed by atoms with Crippen LogP contribution in [0.2, 0.25) is 0 Å². The molecule has 0 aromatic heterocycles. The molecular weight excluding hydrogens is 648 g/mol. The summed E-state index contributed by atoms with van der Waals surface area (Å²) in [6.07, 6.45) is -16.4. The van der Waals surface area contributed by atoms with Gasteiger partial charge in [-0.25, -0.2) is 13.2 Å². The second-order valence-electron chi connectivity index (χ2n) is 11.0. The summed E-state index contributed by atoms with van der Waals surface area (Å²) in [6.45, 7) is 0.591. The number of hydrogen-bond acceptors (Lipinski definition) is 15. The van der Waals surface area contributed by atoms with E-state index in [1.807, 2.05) is 6.92 Å². The van der Waals surface area contributed by atoms with E-state index in [4.69, 9.17) is 18.9 Å². The van der Waals surface area contributed by atoms with Crippen LogP contribution in [-0.2, 0) is 24.2 Å². The summed E-state index contributed by atoms with van der Waals surface area (Å²) in [5, 5.41) is 84.6. The number of nitrogens with one attached hydrogen (secondary N) is 2. The van der Waals surface area contributed by atoms with Gasteiger partial charge in [-0.2, -0.15) is 4.72 Å². The van der Waals surface area contributed by atoms with Crippen LogP contribution in [-0.4, -0.2) is 136 Å². The van der Waals surface area contributed by atoms with Crippen molar-refractivity contribution >= 4 is 21.7 Å². The Morgan fingerprint density at radius 1 is 0.894 bits per heavy atom. The molecule has 0 amide bonds. The van der Waals surface area contributed by atoms with Gasteiger partial charge >= 0.3 is 5.97 Å². The van der Waals surface area contributed by atoms with Crippen LogP contribution in [0.25, 0.3) is 0 Å². The molecule has 262 valence electrons. The number of carbonyl (C=O) groups is 1. The zero-order chi connectivity index (χ0) is 34.5. The summed E-state index contributed by atoms with van der Waals surface area (Å²) in [7, 11) is -4.84. The second-order valence-corrected chi connectivity index (χ2v) is 12.7. The van der Waals surface area contributed by atoms with Gasteiger partial charge in [-0.1, -0.05) is 31.5 Å². The summed E-state index contributed by atoms with van der Waals surface area (Å²) >= 11 is 0. The van der Waals surface area contributed by atoms with Gasteiger partial charge < -0.3 is 65.1 Å². The Labute approximate surface area is 270 Å². The first-order chi connectivity index (χ1) is 22.3. The molecule has 1 unspecified atom stereocenters. The minimum atomic E-state index is -4.84. The minimum absolute atomic E-state index is 0.0500. The van der Waals surface area contributed by atoms with Crippen LogP contribution in [0.3, 0.4) is 0 Å². The van der Waals surface area contributed by atoms with Crippen molar-refractivity contribution < 1.29 is 73.0 Å². The molecule has 2 fully saturated rings. The fraction of sp³-hybridized carbons (Fsp3) is 0.552. The largest absolute Gasteiger partial charge is 0.478 e. The number of para-hydroxylation sites is 1. The van der Waals surface area contributed by atoms with E-state index in [2.05, 4.69) is 10.0 Å². The molecule has 0 saturated carbocycles. The van der Waals surface area contributed by atoms with E-state index in [-0.39, 0.29) is 17.2 Å². The first-order valence-electron chi connectivity index (χ1n) is 14.8. The molecule has 18 heteroatoms. The summed E-state index contributed by atoms with van der Waals surface area (Å²) in [4.78, 5) is 11.4. The number of carboxylic acid groups (broad SMARTS) is 1. The Bertz CT molecular complexity index is 1440. The summed E-state index contributed by atoms with van der Waals surface area (Å²) in [5.74, 6) is -1.48. The highest BCUT2D eigenvalue weighted by molar-refractivity contribution is 7.89. The fourth-order valence-electron chi connectivity index (χ4n) is 5.07. The molecular formula is C29H40N2O15S. The van der Waals surface area contributed by atoms with Gasteiger partial charge in [0, 0.05) is 6.54 Å². The van der Waals surface area contributed by atoms with Crippen molar-refractivity contribution in [3.05, 3.63) is 48.0 Å². The molecule has 0 radical (unpaired) electrons. The lowest BCUT2D eigenvalue weighted by Crippen LogP contribution is -2.66. The van der Waals surface area contributed by atoms with Crippen molar-refractivity contribution in [1.29, 1.82) is 0 Å². The van der Waals surface area contributed by atoms with E-state index < -0.39 is 101 Å². The Morgan fingerprint density at radius 3 is 2.19 bits per heavy atom. The Balaban J connectivity index is 1.64. The van der Waals surface area contributed by atoms with Crippen LogP contribution in [0.1, 0.15) is 30.1 Å². The molecule has 17 nitrogen and oxygen atoms in total. The van der Waals surface area contributed by atoms with Gasteiger partial charge in [-0.05, 0) is 30.7 Å². The van der Waals surface area contributed by atoms with Gasteiger partial charge in [0.25, 0.3) is 0 Å². The number of rotatable bonds is 14. The lowest BCUT2D eigenvalue weighted by atomic mass is 9.96. The molecule has 0 bridgehead atoms. The first-order valence-corrected chi connectivity index (χ1v) is 16.3. The highest BCUT2D eigenvalue weighted by Crippen LogP contribution is 2.38. The Morgan fingerprint density at radius 2 is 1.57 bits per heavy atom. The second kappa shape index (κ2) is 15.9. The quantitative estimate of drug-likeness (QED) is 0.0990. The van der Waals surface area contributed by atoms with Crippen molar-refractivity contribution in [3.8, 4) is 11.5 Å². The number of ether oxygens (including phenoxy) is 4. The number of benzene rings is 2. The zero-order valence-electron chi connectivity index (χ0n) is 25.2. The Kier molecular flexibility index (Phi) is 12.5. The van der Waals surface area contributed by atoms with Crippen molar-refractivity contribution in [2.45, 2.75) is 86.0 Å². The van der Waals surface area contributed by atoms with Gasteiger partial charge in [-0.15, -0.1) is 0 Å². The predicted octanol–water partition coefficient (Wildman–Crippen LogP) is -1.71.